The van der Waals surface area contributed by atoms with Crippen molar-refractivity contribution in [3.05, 3.63) is 66.4 Å². The molecule has 0 aliphatic heterocycles. The molecule has 106 valence electrons. The molecule has 0 saturated carbocycles. The fraction of sp³-hybridized carbons (Fsp3) is 0.211. The average molecular weight is 276 g/mol. The molecule has 21 heavy (non-hydrogen) atoms. The number of hydrogen-bond donors (Lipinski definition) is 1. The van der Waals surface area contributed by atoms with Gasteiger partial charge >= 0.3 is 0 Å². The number of nitrogens with zero attached hydrogens (tertiary/aromatic N) is 1. The lowest BCUT2D eigenvalue weighted by molar-refractivity contribution is 0.666. The Hall–Kier alpha value is -2.19. The molecule has 0 bridgehead atoms. The molecule has 0 radical (unpaired) electrons. The van der Waals surface area contributed by atoms with Crippen LogP contribution in [0.15, 0.2) is 60.8 Å². The van der Waals surface area contributed by atoms with Gasteiger partial charge in [-0.05, 0) is 54.7 Å². The van der Waals surface area contributed by atoms with Crippen LogP contribution in [0.5, 0.6) is 0 Å². The van der Waals surface area contributed by atoms with Gasteiger partial charge < -0.3 is 5.73 Å². The number of pyridine rings is 1. The number of aromatic nitrogens is 1. The van der Waals surface area contributed by atoms with Gasteiger partial charge in [0.1, 0.15) is 0 Å². The number of fused-ring (bicyclic) bond motifs is 1. The van der Waals surface area contributed by atoms with Gasteiger partial charge in [-0.3, -0.25) is 4.98 Å². The highest BCUT2D eigenvalue weighted by molar-refractivity contribution is 5.84. The van der Waals surface area contributed by atoms with E-state index in [-0.39, 0.29) is 6.04 Å². The van der Waals surface area contributed by atoms with Crippen molar-refractivity contribution in [2.24, 2.45) is 5.73 Å². The summed E-state index contributed by atoms with van der Waals surface area (Å²) in [6.45, 7) is 2.06. The van der Waals surface area contributed by atoms with Crippen LogP contribution in [0.25, 0.3) is 22.0 Å². The Morgan fingerprint density at radius 3 is 2.71 bits per heavy atom. The minimum atomic E-state index is 0.250. The molecule has 0 spiro atoms. The quantitative estimate of drug-likeness (QED) is 0.776. The van der Waals surface area contributed by atoms with Crippen molar-refractivity contribution in [3.63, 3.8) is 0 Å². The highest BCUT2D eigenvalue weighted by Gasteiger charge is 2.03. The lowest BCUT2D eigenvalue weighted by atomic mass is 9.99. The topological polar surface area (TPSA) is 38.9 Å². The molecule has 0 fully saturated rings. The third-order valence-corrected chi connectivity index (χ3v) is 3.75. The van der Waals surface area contributed by atoms with E-state index in [9.17, 15) is 0 Å². The molecule has 1 heterocycles. The van der Waals surface area contributed by atoms with E-state index in [2.05, 4.69) is 60.4 Å². The first kappa shape index (κ1) is 13.8. The van der Waals surface area contributed by atoms with E-state index in [1.54, 1.807) is 0 Å². The van der Waals surface area contributed by atoms with Crippen LogP contribution in [0, 0.1) is 0 Å². The van der Waals surface area contributed by atoms with Crippen molar-refractivity contribution in [2.45, 2.75) is 25.8 Å². The van der Waals surface area contributed by atoms with Gasteiger partial charge in [0.05, 0.1) is 5.52 Å². The first-order valence-electron chi connectivity index (χ1n) is 7.42. The summed E-state index contributed by atoms with van der Waals surface area (Å²) < 4.78 is 0. The normalized spacial score (nSPS) is 12.5. The maximum atomic E-state index is 5.84. The van der Waals surface area contributed by atoms with E-state index in [1.165, 1.54) is 22.1 Å². The van der Waals surface area contributed by atoms with E-state index in [0.717, 1.165) is 18.4 Å². The molecule has 0 aliphatic carbocycles. The summed E-state index contributed by atoms with van der Waals surface area (Å²) in [5.74, 6) is 0. The molecule has 3 rings (SSSR count). The van der Waals surface area contributed by atoms with Crippen molar-refractivity contribution in [1.82, 2.24) is 4.98 Å². The van der Waals surface area contributed by atoms with E-state index in [0.29, 0.717) is 0 Å². The highest BCUT2D eigenvalue weighted by Crippen LogP contribution is 2.24. The molecule has 1 atom stereocenters. The third-order valence-electron chi connectivity index (χ3n) is 3.75. The van der Waals surface area contributed by atoms with E-state index in [1.807, 2.05) is 12.3 Å². The van der Waals surface area contributed by atoms with Crippen LogP contribution in [0.1, 0.15) is 18.9 Å². The third kappa shape index (κ3) is 3.29. The minimum Gasteiger partial charge on any atom is -0.328 e. The Labute approximate surface area is 125 Å². The van der Waals surface area contributed by atoms with Crippen molar-refractivity contribution in [2.75, 3.05) is 0 Å². The smallest absolute Gasteiger partial charge is 0.0702 e. The number of benzene rings is 2. The molecule has 0 aliphatic rings. The average Bonchev–Trinajstić information content (AvgIpc) is 2.53. The molecular formula is C19H20N2. The van der Waals surface area contributed by atoms with Gasteiger partial charge in [-0.1, -0.05) is 36.4 Å². The van der Waals surface area contributed by atoms with Gasteiger partial charge in [0, 0.05) is 17.6 Å². The number of rotatable bonds is 4. The maximum absolute atomic E-state index is 5.84. The Bertz CT molecular complexity index is 747. The molecule has 0 amide bonds. The maximum Gasteiger partial charge on any atom is 0.0702 e. The van der Waals surface area contributed by atoms with Crippen molar-refractivity contribution < 1.29 is 0 Å². The summed E-state index contributed by atoms with van der Waals surface area (Å²) in [5, 5.41) is 1.18. The summed E-state index contributed by atoms with van der Waals surface area (Å²) in [5.41, 5.74) is 10.7. The molecule has 3 aromatic rings. The first-order chi connectivity index (χ1) is 10.2. The van der Waals surface area contributed by atoms with Crippen LogP contribution >= 0.6 is 0 Å². The summed E-state index contributed by atoms with van der Waals surface area (Å²) >= 11 is 0. The second kappa shape index (κ2) is 6.06. The fourth-order valence-corrected chi connectivity index (χ4v) is 2.56. The minimum absolute atomic E-state index is 0.250. The van der Waals surface area contributed by atoms with Gasteiger partial charge in [-0.25, -0.2) is 0 Å². The lowest BCUT2D eigenvalue weighted by Gasteiger charge is -2.08. The highest BCUT2D eigenvalue weighted by atomic mass is 14.6. The predicted molar refractivity (Wildman–Crippen MR) is 89.1 cm³/mol. The monoisotopic (exact) mass is 276 g/mol. The summed E-state index contributed by atoms with van der Waals surface area (Å²) in [6, 6.07) is 19.5. The molecule has 1 aromatic heterocycles. The molecule has 1 unspecified atom stereocenters. The predicted octanol–water partition coefficient (Wildman–Crippen LogP) is 4.18. The largest absolute Gasteiger partial charge is 0.328 e. The van der Waals surface area contributed by atoms with Gasteiger partial charge in [0.15, 0.2) is 0 Å². The summed E-state index contributed by atoms with van der Waals surface area (Å²) in [4.78, 5) is 4.37. The van der Waals surface area contributed by atoms with Crippen LogP contribution < -0.4 is 5.73 Å². The van der Waals surface area contributed by atoms with Crippen LogP contribution in [0.3, 0.4) is 0 Å². The van der Waals surface area contributed by atoms with Crippen LogP contribution in [-0.2, 0) is 6.42 Å². The molecule has 0 saturated heterocycles. The molecule has 2 nitrogen and oxygen atoms in total. The molecule has 2 aromatic carbocycles. The van der Waals surface area contributed by atoms with Crippen molar-refractivity contribution in [3.8, 4) is 11.1 Å². The Morgan fingerprint density at radius 1 is 1.00 bits per heavy atom. The zero-order valence-corrected chi connectivity index (χ0v) is 12.3. The van der Waals surface area contributed by atoms with Crippen LogP contribution in [-0.4, -0.2) is 11.0 Å². The SMILES string of the molecule is CC(N)CCc1cccc(-c2ccc3ncccc3c2)c1. The Balaban J connectivity index is 1.92. The fourth-order valence-electron chi connectivity index (χ4n) is 2.56. The van der Waals surface area contributed by atoms with Gasteiger partial charge in [0.2, 0.25) is 0 Å². The van der Waals surface area contributed by atoms with E-state index in [4.69, 9.17) is 5.73 Å². The standard InChI is InChI=1S/C19H20N2/c1-14(20)7-8-15-4-2-5-16(12-15)17-9-10-19-18(13-17)6-3-11-21-19/h2-6,9-14H,7-8,20H2,1H3. The second-order valence-electron chi connectivity index (χ2n) is 5.63. The summed E-state index contributed by atoms with van der Waals surface area (Å²) in [7, 11) is 0. The van der Waals surface area contributed by atoms with E-state index < -0.39 is 0 Å². The van der Waals surface area contributed by atoms with Gasteiger partial charge in [-0.2, -0.15) is 0 Å². The molecular weight excluding hydrogens is 256 g/mol. The van der Waals surface area contributed by atoms with Crippen molar-refractivity contribution in [1.29, 1.82) is 0 Å². The van der Waals surface area contributed by atoms with E-state index >= 15 is 0 Å². The Morgan fingerprint density at radius 2 is 1.86 bits per heavy atom. The number of nitrogens with two attached hydrogens (primary N) is 1. The van der Waals surface area contributed by atoms with Gasteiger partial charge in [-0.15, -0.1) is 0 Å². The number of hydrogen-bond acceptors (Lipinski definition) is 2. The lowest BCUT2D eigenvalue weighted by Crippen LogP contribution is -2.15. The van der Waals surface area contributed by atoms with Crippen LogP contribution in [0.4, 0.5) is 0 Å². The zero-order chi connectivity index (χ0) is 14.7. The van der Waals surface area contributed by atoms with Crippen LogP contribution in [0.2, 0.25) is 0 Å². The molecule has 2 heteroatoms. The second-order valence-corrected chi connectivity index (χ2v) is 5.63. The van der Waals surface area contributed by atoms with Gasteiger partial charge in [0.25, 0.3) is 0 Å². The number of aryl methyl sites for hydroxylation is 1. The van der Waals surface area contributed by atoms with Crippen molar-refractivity contribution >= 4 is 10.9 Å². The zero-order valence-electron chi connectivity index (χ0n) is 12.3. The Kier molecular flexibility index (Phi) is 3.98. The first-order valence-corrected chi connectivity index (χ1v) is 7.42. The molecule has 2 N–H and O–H groups in total. The summed E-state index contributed by atoms with van der Waals surface area (Å²) in [6.07, 6.45) is 3.88.